The molecule has 90 valence electrons. The van der Waals surface area contributed by atoms with Crippen LogP contribution in [0.5, 0.6) is 0 Å². The largest absolute Gasteiger partial charge is 0.321 e. The van der Waals surface area contributed by atoms with Crippen molar-refractivity contribution in [1.29, 1.82) is 0 Å². The minimum Gasteiger partial charge on any atom is -0.321 e. The molecule has 1 saturated heterocycles. The van der Waals surface area contributed by atoms with E-state index in [1.54, 1.807) is 0 Å². The monoisotopic (exact) mass is 294 g/mol. The molecule has 1 aromatic rings. The van der Waals surface area contributed by atoms with Gasteiger partial charge in [-0.2, -0.15) is 0 Å². The number of halogens is 1. The van der Waals surface area contributed by atoms with Crippen LogP contribution in [0.3, 0.4) is 0 Å². The van der Waals surface area contributed by atoms with Crippen molar-refractivity contribution in [2.24, 2.45) is 0 Å². The van der Waals surface area contributed by atoms with Crippen molar-refractivity contribution >= 4 is 27.5 Å². The molecule has 1 aliphatic rings. The number of benzene rings is 1. The van der Waals surface area contributed by atoms with Crippen LogP contribution in [0.1, 0.15) is 12.5 Å². The molecule has 0 radical (unpaired) electrons. The van der Waals surface area contributed by atoms with Crippen molar-refractivity contribution < 1.29 is 4.79 Å². The van der Waals surface area contributed by atoms with Gasteiger partial charge in [0.25, 0.3) is 5.91 Å². The molecule has 0 bridgehead atoms. The Morgan fingerprint density at radius 2 is 2.12 bits per heavy atom. The van der Waals surface area contributed by atoms with Gasteiger partial charge in [0.2, 0.25) is 0 Å². The van der Waals surface area contributed by atoms with E-state index in [1.165, 1.54) is 5.57 Å². The van der Waals surface area contributed by atoms with Gasteiger partial charge in [-0.05, 0) is 53.0 Å². The molecular formula is C13H15BrN2O. The van der Waals surface area contributed by atoms with Crippen molar-refractivity contribution in [2.45, 2.75) is 13.8 Å². The Bertz CT molecular complexity index is 488. The summed E-state index contributed by atoms with van der Waals surface area (Å²) in [7, 11) is 0. The van der Waals surface area contributed by atoms with Gasteiger partial charge in [0.1, 0.15) is 0 Å². The third-order valence-electron chi connectivity index (χ3n) is 2.92. The van der Waals surface area contributed by atoms with Gasteiger partial charge >= 0.3 is 0 Å². The summed E-state index contributed by atoms with van der Waals surface area (Å²) < 4.78 is 0.904. The van der Waals surface area contributed by atoms with Gasteiger partial charge < -0.3 is 10.6 Å². The number of hydrogen-bond donors (Lipinski definition) is 2. The van der Waals surface area contributed by atoms with Crippen LogP contribution in [0, 0.1) is 6.92 Å². The summed E-state index contributed by atoms with van der Waals surface area (Å²) in [4.78, 5) is 12.0. The van der Waals surface area contributed by atoms with Crippen molar-refractivity contribution in [1.82, 2.24) is 5.32 Å². The number of hydrogen-bond acceptors (Lipinski definition) is 2. The van der Waals surface area contributed by atoms with E-state index in [4.69, 9.17) is 0 Å². The van der Waals surface area contributed by atoms with E-state index in [2.05, 4.69) is 26.6 Å². The second kappa shape index (κ2) is 5.02. The molecule has 1 aliphatic heterocycles. The molecule has 4 heteroatoms. The van der Waals surface area contributed by atoms with Crippen LogP contribution in [-0.2, 0) is 4.79 Å². The molecule has 0 unspecified atom stereocenters. The standard InChI is InChI=1S/C13H15BrN2O/c1-8-3-4-11(14)12(5-8)16-13(17)9(2)10-6-15-7-10/h3-5,15H,6-7H2,1-2H3,(H,16,17). The molecule has 0 saturated carbocycles. The summed E-state index contributed by atoms with van der Waals surface area (Å²) in [6.45, 7) is 5.53. The molecule has 17 heavy (non-hydrogen) atoms. The number of rotatable bonds is 2. The van der Waals surface area contributed by atoms with Crippen molar-refractivity contribution in [3.63, 3.8) is 0 Å². The van der Waals surface area contributed by atoms with E-state index >= 15 is 0 Å². The number of carbonyl (C=O) groups excluding carboxylic acids is 1. The van der Waals surface area contributed by atoms with Crippen molar-refractivity contribution in [3.05, 3.63) is 39.4 Å². The summed E-state index contributed by atoms with van der Waals surface area (Å²) in [6, 6.07) is 5.90. The predicted molar refractivity (Wildman–Crippen MR) is 73.1 cm³/mol. The van der Waals surface area contributed by atoms with Gasteiger partial charge in [-0.1, -0.05) is 6.07 Å². The number of nitrogens with one attached hydrogen (secondary N) is 2. The number of carbonyl (C=O) groups is 1. The molecule has 0 aliphatic carbocycles. The van der Waals surface area contributed by atoms with E-state index in [-0.39, 0.29) is 5.91 Å². The minimum absolute atomic E-state index is 0.0206. The van der Waals surface area contributed by atoms with Gasteiger partial charge in [-0.15, -0.1) is 0 Å². The zero-order chi connectivity index (χ0) is 12.4. The Kier molecular flexibility index (Phi) is 3.64. The first kappa shape index (κ1) is 12.3. The van der Waals surface area contributed by atoms with E-state index in [0.717, 1.165) is 34.4 Å². The van der Waals surface area contributed by atoms with Crippen LogP contribution >= 0.6 is 15.9 Å². The highest BCUT2D eigenvalue weighted by atomic mass is 79.9. The maximum Gasteiger partial charge on any atom is 0.251 e. The Hall–Kier alpha value is -1.13. The van der Waals surface area contributed by atoms with E-state index in [9.17, 15) is 4.79 Å². The van der Waals surface area contributed by atoms with Gasteiger partial charge in [0.05, 0.1) is 5.69 Å². The van der Waals surface area contributed by atoms with Crippen LogP contribution < -0.4 is 10.6 Å². The Morgan fingerprint density at radius 1 is 1.41 bits per heavy atom. The van der Waals surface area contributed by atoms with Crippen LogP contribution in [-0.4, -0.2) is 19.0 Å². The van der Waals surface area contributed by atoms with E-state index in [0.29, 0.717) is 0 Å². The first-order valence-corrected chi connectivity index (χ1v) is 6.34. The third-order valence-corrected chi connectivity index (χ3v) is 3.61. The van der Waals surface area contributed by atoms with Gasteiger partial charge in [0.15, 0.2) is 0 Å². The third kappa shape index (κ3) is 2.76. The number of amides is 1. The summed E-state index contributed by atoms with van der Waals surface area (Å²) in [6.07, 6.45) is 0. The SMILES string of the molecule is CC(C(=O)Nc1cc(C)ccc1Br)=C1CNC1. The second-order valence-corrected chi connectivity index (χ2v) is 5.12. The van der Waals surface area contributed by atoms with Crippen LogP contribution in [0.25, 0.3) is 0 Å². The Labute approximate surface area is 109 Å². The molecule has 0 spiro atoms. The van der Waals surface area contributed by atoms with E-state index in [1.807, 2.05) is 32.0 Å². The van der Waals surface area contributed by atoms with Gasteiger partial charge in [0, 0.05) is 23.1 Å². The molecule has 1 aromatic carbocycles. The van der Waals surface area contributed by atoms with Crippen LogP contribution in [0.2, 0.25) is 0 Å². The van der Waals surface area contributed by atoms with Crippen LogP contribution in [0.4, 0.5) is 5.69 Å². The zero-order valence-corrected chi connectivity index (χ0v) is 11.5. The zero-order valence-electron chi connectivity index (χ0n) is 9.93. The average molecular weight is 295 g/mol. The summed E-state index contributed by atoms with van der Waals surface area (Å²) >= 11 is 3.43. The Balaban J connectivity index is 2.15. The second-order valence-electron chi connectivity index (χ2n) is 4.27. The molecule has 3 nitrogen and oxygen atoms in total. The molecule has 1 heterocycles. The number of aryl methyl sites for hydroxylation is 1. The summed E-state index contributed by atoms with van der Waals surface area (Å²) in [5.74, 6) is -0.0206. The minimum atomic E-state index is -0.0206. The fourth-order valence-electron chi connectivity index (χ4n) is 1.63. The normalized spacial score (nSPS) is 14.2. The lowest BCUT2D eigenvalue weighted by Crippen LogP contribution is -2.36. The lowest BCUT2D eigenvalue weighted by molar-refractivity contribution is -0.112. The topological polar surface area (TPSA) is 41.1 Å². The maximum atomic E-state index is 12.0. The molecule has 1 amide bonds. The molecule has 2 rings (SSSR count). The smallest absolute Gasteiger partial charge is 0.251 e. The number of anilines is 1. The molecular weight excluding hydrogens is 280 g/mol. The summed E-state index contributed by atoms with van der Waals surface area (Å²) in [5, 5.41) is 6.06. The lowest BCUT2D eigenvalue weighted by Gasteiger charge is -2.21. The highest BCUT2D eigenvalue weighted by Gasteiger charge is 2.16. The lowest BCUT2D eigenvalue weighted by atomic mass is 10.0. The van der Waals surface area contributed by atoms with E-state index < -0.39 is 0 Å². The van der Waals surface area contributed by atoms with Crippen molar-refractivity contribution in [2.75, 3.05) is 18.4 Å². The fourth-order valence-corrected chi connectivity index (χ4v) is 1.97. The fraction of sp³-hybridized carbons (Fsp3) is 0.308. The summed E-state index contributed by atoms with van der Waals surface area (Å²) in [5.41, 5.74) is 3.95. The first-order valence-electron chi connectivity index (χ1n) is 5.55. The molecule has 1 fully saturated rings. The quantitative estimate of drug-likeness (QED) is 0.824. The van der Waals surface area contributed by atoms with Crippen LogP contribution in [0.15, 0.2) is 33.8 Å². The maximum absolute atomic E-state index is 12.0. The molecule has 0 aromatic heterocycles. The first-order chi connectivity index (χ1) is 8.08. The highest BCUT2D eigenvalue weighted by Crippen LogP contribution is 2.24. The van der Waals surface area contributed by atoms with Gasteiger partial charge in [-0.3, -0.25) is 4.79 Å². The van der Waals surface area contributed by atoms with Gasteiger partial charge in [-0.25, -0.2) is 0 Å². The molecule has 0 atom stereocenters. The average Bonchev–Trinajstić information content (AvgIpc) is 2.21. The predicted octanol–water partition coefficient (Wildman–Crippen LogP) is 2.62. The highest BCUT2D eigenvalue weighted by molar-refractivity contribution is 9.10. The molecule has 2 N–H and O–H groups in total. The Morgan fingerprint density at radius 3 is 2.71 bits per heavy atom. The van der Waals surface area contributed by atoms with Crippen molar-refractivity contribution in [3.8, 4) is 0 Å².